The Morgan fingerprint density at radius 2 is 1.58 bits per heavy atom. The maximum atomic E-state index is 10.8. The first-order valence-electron chi connectivity index (χ1n) is 9.70. The number of rotatable bonds is 11. The van der Waals surface area contributed by atoms with Gasteiger partial charge in [0.1, 0.15) is 0 Å². The van der Waals surface area contributed by atoms with Crippen LogP contribution in [0.15, 0.2) is 24.3 Å². The number of thiol groups is 1. The summed E-state index contributed by atoms with van der Waals surface area (Å²) in [4.78, 5) is 41.7. The van der Waals surface area contributed by atoms with Crippen molar-refractivity contribution in [3.8, 4) is 23.0 Å². The van der Waals surface area contributed by atoms with Gasteiger partial charge in [0.2, 0.25) is 0 Å². The number of hydrogen-bond donors (Lipinski definition) is 1. The first kappa shape index (κ1) is 33.3. The number of aromatic carboxylic acids is 1. The van der Waals surface area contributed by atoms with E-state index in [1.165, 1.54) is 26.4 Å². The molecular weight excluding hydrogens is 712 g/mol. The number of carboxylic acids is 1. The maximum absolute atomic E-state index is 10.8. The molecule has 13 nitrogen and oxygen atoms in total. The van der Waals surface area contributed by atoms with Crippen LogP contribution in [0, 0.1) is 20.2 Å². The Bertz CT molecular complexity index is 1160. The number of carbonyl (C=O) groups excluding carboxylic acids is 1. The quantitative estimate of drug-likeness (QED) is 0.0523. The summed E-state index contributed by atoms with van der Waals surface area (Å²) in [5, 5.41) is 30.4. The Morgan fingerprint density at radius 3 is 2.03 bits per heavy atom. The average molecular weight is 736 g/mol. The van der Waals surface area contributed by atoms with Crippen molar-refractivity contribution in [3.05, 3.63) is 55.6 Å². The van der Waals surface area contributed by atoms with E-state index in [9.17, 15) is 29.8 Å². The third-order valence-electron chi connectivity index (χ3n) is 4.24. The van der Waals surface area contributed by atoms with Gasteiger partial charge in [-0.15, -0.1) is 0 Å². The molecule has 0 aliphatic heterocycles. The van der Waals surface area contributed by atoms with Crippen LogP contribution in [-0.4, -0.2) is 75.3 Å². The second kappa shape index (κ2) is 16.9. The first-order valence-corrected chi connectivity index (χ1v) is 11.7. The summed E-state index contributed by atoms with van der Waals surface area (Å²) in [5.41, 5.74) is -1.34. The van der Waals surface area contributed by atoms with Crippen molar-refractivity contribution in [2.75, 3.05) is 20.8 Å². The molecule has 2 aromatic carbocycles. The van der Waals surface area contributed by atoms with Crippen LogP contribution in [0.4, 0.5) is 11.4 Å². The third-order valence-corrected chi connectivity index (χ3v) is 4.76. The summed E-state index contributed by atoms with van der Waals surface area (Å²) in [6.45, 7) is 2.46. The van der Waals surface area contributed by atoms with E-state index >= 15 is 0 Å². The molecule has 0 aliphatic rings. The zero-order valence-electron chi connectivity index (χ0n) is 19.8. The van der Waals surface area contributed by atoms with Gasteiger partial charge >= 0.3 is 128 Å². The predicted octanol–water partition coefficient (Wildman–Crippen LogP) is 3.41. The summed E-state index contributed by atoms with van der Waals surface area (Å²) in [6, 6.07) is 4.56. The van der Waals surface area contributed by atoms with Crippen LogP contribution in [0.3, 0.4) is 0 Å². The van der Waals surface area contributed by atoms with E-state index in [0.717, 1.165) is 25.0 Å². The summed E-state index contributed by atoms with van der Waals surface area (Å²) < 4.78 is 20.3. The van der Waals surface area contributed by atoms with E-state index in [-0.39, 0.29) is 66.8 Å². The van der Waals surface area contributed by atoms with Crippen LogP contribution < -0.4 is 18.4 Å². The van der Waals surface area contributed by atoms with Crippen molar-refractivity contribution in [2.24, 2.45) is 0 Å². The van der Waals surface area contributed by atoms with Gasteiger partial charge in [-0.3, -0.25) is 14.9 Å². The number of unbranched alkanes of at least 4 members (excludes halogenated alkanes) is 1. The minimum atomic E-state index is -1.41. The molecule has 2 rings (SSSR count). The van der Waals surface area contributed by atoms with E-state index < -0.39 is 27.1 Å². The standard InChI is InChI=1S/C12H15NO5.C8H7NO6PS.Tl.2H/c1-3-4-5-18-12-7-10(13(15)16)9(8-14)6-11(12)17-2;1-14-6-2-4(8(10)11)5(9(12)13)3-7(6)15-17-16;;;/h6-8H,3-5H2,1-2H3;2-3,17H,1H3,(H,10,11);;;/q;-1;;;. The van der Waals surface area contributed by atoms with E-state index in [1.54, 1.807) is 0 Å². The third kappa shape index (κ3) is 9.39. The van der Waals surface area contributed by atoms with Gasteiger partial charge < -0.3 is 9.47 Å². The number of hydrogen-bond acceptors (Lipinski definition) is 11. The summed E-state index contributed by atoms with van der Waals surface area (Å²) in [5.74, 6) is -0.664. The monoisotopic (exact) mass is 736 g/mol. The van der Waals surface area contributed by atoms with Gasteiger partial charge in [-0.25, -0.2) is 0 Å². The van der Waals surface area contributed by atoms with Crippen LogP contribution in [0.1, 0.15) is 40.5 Å². The molecule has 2 aromatic rings. The number of nitro groups is 2. The topological polar surface area (TPSA) is 178 Å². The molecular formula is C20H24N2O11PSTl-. The second-order valence-electron chi connectivity index (χ2n) is 6.39. The zero-order chi connectivity index (χ0) is 26.5. The normalized spacial score (nSPS) is 9.50. The Kier molecular flexibility index (Phi) is 15.6. The molecule has 0 amide bonds. The van der Waals surface area contributed by atoms with Crippen LogP contribution in [0.25, 0.3) is 0 Å². The first-order chi connectivity index (χ1) is 16.6. The number of methoxy groups -OCH3 is 2. The summed E-state index contributed by atoms with van der Waals surface area (Å²) in [7, 11) is 6.50. The molecule has 0 heterocycles. The molecule has 1 N–H and O–H groups in total. The van der Waals surface area contributed by atoms with E-state index in [4.69, 9.17) is 23.5 Å². The number of aldehydes is 1. The molecule has 0 aromatic heterocycles. The fraction of sp³-hybridized carbons (Fsp3) is 0.300. The molecule has 0 saturated heterocycles. The molecule has 36 heavy (non-hydrogen) atoms. The Morgan fingerprint density at radius 1 is 1.03 bits per heavy atom. The van der Waals surface area contributed by atoms with Crippen LogP contribution in [-0.2, 0) is 11.0 Å². The van der Waals surface area contributed by atoms with Crippen molar-refractivity contribution in [1.82, 2.24) is 0 Å². The zero-order valence-corrected chi connectivity index (χ0v) is 29.4. The average Bonchev–Trinajstić information content (AvgIpc) is 2.83. The molecule has 1 radical (unpaired) electrons. The van der Waals surface area contributed by atoms with Gasteiger partial charge in [0.25, 0.3) is 5.69 Å². The molecule has 0 spiro atoms. The minimum absolute atomic E-state index is 0. The summed E-state index contributed by atoms with van der Waals surface area (Å²) in [6.07, 6.45) is 2.22. The molecule has 0 saturated carbocycles. The van der Waals surface area contributed by atoms with Gasteiger partial charge in [-0.2, -0.15) is 0 Å². The molecule has 0 aliphatic carbocycles. The van der Waals surface area contributed by atoms with Crippen molar-refractivity contribution >= 4 is 69.8 Å². The number of nitrogens with zero attached hydrogens (tertiary/aromatic N) is 2. The van der Waals surface area contributed by atoms with E-state index in [2.05, 4.69) is 7.81 Å². The van der Waals surface area contributed by atoms with E-state index in [1.807, 2.05) is 6.92 Å². The molecule has 16 heteroatoms. The predicted molar refractivity (Wildman–Crippen MR) is 137 cm³/mol. The molecule has 0 unspecified atom stereocenters. The van der Waals surface area contributed by atoms with Gasteiger partial charge in [-0.05, 0) is 6.42 Å². The van der Waals surface area contributed by atoms with E-state index in [0.29, 0.717) is 18.6 Å². The van der Waals surface area contributed by atoms with Crippen molar-refractivity contribution in [2.45, 2.75) is 19.8 Å². The number of benzene rings is 2. The molecule has 0 atom stereocenters. The number of carboxylic acid groups (broad SMARTS) is 1. The Balaban J connectivity index is 0.000000663. The SMILES string of the molecule is CCCCOc1cc([N+](=O)[O-])c(C=O)cc1OC.COc1cc(C(=O)O)c([N+](=O)[O-])cc1O[SH-]#P.[TlH2]. The number of nitro benzene ring substituents is 2. The van der Waals surface area contributed by atoms with Crippen LogP contribution >= 0.6 is 7.81 Å². The molecule has 195 valence electrons. The van der Waals surface area contributed by atoms with Gasteiger partial charge in [0.15, 0.2) is 17.8 Å². The summed E-state index contributed by atoms with van der Waals surface area (Å²) >= 11 is 0.212. The van der Waals surface area contributed by atoms with Crippen molar-refractivity contribution < 1.29 is 42.9 Å². The van der Waals surface area contributed by atoms with Crippen molar-refractivity contribution in [1.29, 1.82) is 0 Å². The Hall–Kier alpha value is -2.72. The molecule has 0 bridgehead atoms. The number of carbonyl (C=O) groups is 2. The van der Waals surface area contributed by atoms with Gasteiger partial charge in [-0.1, -0.05) is 13.3 Å². The second-order valence-corrected chi connectivity index (χ2v) is 7.23. The fourth-order valence-electron chi connectivity index (χ4n) is 2.56. The van der Waals surface area contributed by atoms with Gasteiger partial charge in [0.05, 0.1) is 30.3 Å². The molecule has 0 fully saturated rings. The fourth-order valence-corrected chi connectivity index (χ4v) is 3.06. The van der Waals surface area contributed by atoms with Crippen LogP contribution in [0.5, 0.6) is 23.0 Å². The number of ether oxygens (including phenoxy) is 3. The van der Waals surface area contributed by atoms with Gasteiger partial charge in [0, 0.05) is 6.07 Å². The van der Waals surface area contributed by atoms with Crippen molar-refractivity contribution in [3.63, 3.8) is 0 Å². The van der Waals surface area contributed by atoms with Crippen LogP contribution in [0.2, 0.25) is 0 Å². The Labute approximate surface area is 231 Å².